The Kier molecular flexibility index (Phi) is 7.90. The van der Waals surface area contributed by atoms with Crippen LogP contribution < -0.4 is 11.1 Å². The summed E-state index contributed by atoms with van der Waals surface area (Å²) in [4.78, 5) is 30.8. The lowest BCUT2D eigenvalue weighted by atomic mass is 9.94. The molecule has 0 aliphatic carbocycles. The number of likely N-dealkylation sites (tertiary alicyclic amines) is 1. The standard InChI is InChI=1S/C29H35N5O3S/c1-19-21(6-5-7-25(19)31-27(35)12-15-33-13-3-4-14-33)22-8-9-23(29(30)36)28-24(22)18-26(32-28)20-10-16-34(17-11-20)38(2)37/h5-10,18,32H,3-4,11-17H2,1-2H3,(H2,30,36)(H,31,35). The van der Waals surface area contributed by atoms with Crippen molar-refractivity contribution in [2.75, 3.05) is 44.3 Å². The lowest BCUT2D eigenvalue weighted by Gasteiger charge is -2.24. The molecule has 3 aromatic rings. The summed E-state index contributed by atoms with van der Waals surface area (Å²) in [5.74, 6) is -0.475. The van der Waals surface area contributed by atoms with Crippen molar-refractivity contribution in [1.29, 1.82) is 0 Å². The average Bonchev–Trinajstić information content (AvgIpc) is 3.59. The Balaban J connectivity index is 1.46. The number of fused-ring (bicyclic) bond motifs is 1. The SMILES string of the molecule is Cc1c(NC(=O)CCN2CCCC2)cccc1-c1ccc(C(N)=O)c2[nH]c(C3=CCN([S+](C)[O-])CC3)cc12. The van der Waals surface area contributed by atoms with Crippen LogP contribution >= 0.6 is 0 Å². The molecule has 2 aliphatic heterocycles. The number of hydrogen-bond acceptors (Lipinski definition) is 5. The number of hydrogen-bond donors (Lipinski definition) is 3. The molecule has 1 unspecified atom stereocenters. The van der Waals surface area contributed by atoms with Gasteiger partial charge in [0.1, 0.15) is 6.26 Å². The third-order valence-electron chi connectivity index (χ3n) is 7.69. The summed E-state index contributed by atoms with van der Waals surface area (Å²) in [5.41, 5.74) is 12.6. The summed E-state index contributed by atoms with van der Waals surface area (Å²) in [6, 6.07) is 11.7. The monoisotopic (exact) mass is 533 g/mol. The Hall–Kier alpha value is -3.11. The van der Waals surface area contributed by atoms with Gasteiger partial charge < -0.3 is 25.5 Å². The second kappa shape index (κ2) is 11.3. The summed E-state index contributed by atoms with van der Waals surface area (Å²) < 4.78 is 13.8. The van der Waals surface area contributed by atoms with E-state index in [1.807, 2.05) is 35.5 Å². The van der Waals surface area contributed by atoms with E-state index < -0.39 is 17.3 Å². The van der Waals surface area contributed by atoms with Gasteiger partial charge >= 0.3 is 0 Å². The lowest BCUT2D eigenvalue weighted by molar-refractivity contribution is -0.116. The third kappa shape index (κ3) is 5.51. The van der Waals surface area contributed by atoms with Crippen molar-refractivity contribution in [2.45, 2.75) is 32.6 Å². The van der Waals surface area contributed by atoms with Crippen LogP contribution in [-0.2, 0) is 16.2 Å². The van der Waals surface area contributed by atoms with Gasteiger partial charge in [-0.1, -0.05) is 24.3 Å². The van der Waals surface area contributed by atoms with Crippen molar-refractivity contribution < 1.29 is 14.1 Å². The lowest BCUT2D eigenvalue weighted by Crippen LogP contribution is -2.33. The highest BCUT2D eigenvalue weighted by molar-refractivity contribution is 7.88. The molecule has 4 N–H and O–H groups in total. The number of anilines is 1. The fourth-order valence-corrected chi connectivity index (χ4v) is 6.14. The first-order chi connectivity index (χ1) is 18.3. The number of benzene rings is 2. The van der Waals surface area contributed by atoms with E-state index in [1.165, 1.54) is 12.8 Å². The van der Waals surface area contributed by atoms with E-state index in [0.29, 0.717) is 30.6 Å². The van der Waals surface area contributed by atoms with Crippen LogP contribution in [-0.4, -0.2) is 69.5 Å². The quantitative estimate of drug-likeness (QED) is 0.378. The number of nitrogens with two attached hydrogens (primary N) is 1. The van der Waals surface area contributed by atoms with Gasteiger partial charge in [-0.3, -0.25) is 9.59 Å². The Labute approximate surface area is 226 Å². The fraction of sp³-hybridized carbons (Fsp3) is 0.379. The molecule has 5 rings (SSSR count). The zero-order chi connectivity index (χ0) is 26.8. The Morgan fingerprint density at radius 2 is 1.92 bits per heavy atom. The Morgan fingerprint density at radius 3 is 2.61 bits per heavy atom. The normalized spacial score (nSPS) is 17.5. The number of aromatic amines is 1. The maximum atomic E-state index is 12.7. The van der Waals surface area contributed by atoms with Crippen LogP contribution in [0.5, 0.6) is 0 Å². The van der Waals surface area contributed by atoms with Crippen molar-refractivity contribution in [3.63, 3.8) is 0 Å². The predicted octanol–water partition coefficient (Wildman–Crippen LogP) is 4.05. The maximum absolute atomic E-state index is 12.7. The maximum Gasteiger partial charge on any atom is 0.250 e. The van der Waals surface area contributed by atoms with Crippen LogP contribution in [0.4, 0.5) is 5.69 Å². The summed E-state index contributed by atoms with van der Waals surface area (Å²) in [6.07, 6.45) is 7.43. The van der Waals surface area contributed by atoms with Gasteiger partial charge in [0.25, 0.3) is 5.91 Å². The minimum absolute atomic E-state index is 0.0154. The molecular formula is C29H35N5O3S. The molecular weight excluding hydrogens is 498 g/mol. The van der Waals surface area contributed by atoms with E-state index in [-0.39, 0.29) is 5.91 Å². The molecule has 0 saturated carbocycles. The van der Waals surface area contributed by atoms with Gasteiger partial charge in [0, 0.05) is 47.6 Å². The van der Waals surface area contributed by atoms with E-state index in [0.717, 1.165) is 65.1 Å². The molecule has 3 heterocycles. The molecule has 0 radical (unpaired) electrons. The largest absolute Gasteiger partial charge is 0.598 e. The summed E-state index contributed by atoms with van der Waals surface area (Å²) in [6.45, 7) is 6.26. The minimum atomic E-state index is -1.00. The van der Waals surface area contributed by atoms with E-state index in [2.05, 4.69) is 27.3 Å². The molecule has 200 valence electrons. The van der Waals surface area contributed by atoms with Gasteiger partial charge in [0.05, 0.1) is 17.6 Å². The number of amides is 2. The highest BCUT2D eigenvalue weighted by atomic mass is 32.2. The fourth-order valence-electron chi connectivity index (χ4n) is 5.50. The van der Waals surface area contributed by atoms with Crippen LogP contribution in [0, 0.1) is 6.92 Å². The molecule has 0 bridgehead atoms. The zero-order valence-electron chi connectivity index (χ0n) is 22.0. The first-order valence-electron chi connectivity index (χ1n) is 13.2. The van der Waals surface area contributed by atoms with E-state index in [4.69, 9.17) is 5.73 Å². The Morgan fingerprint density at radius 1 is 1.13 bits per heavy atom. The van der Waals surface area contributed by atoms with E-state index in [1.54, 1.807) is 12.3 Å². The molecule has 2 amide bonds. The number of carbonyl (C=O) groups excluding carboxylic acids is 2. The van der Waals surface area contributed by atoms with Gasteiger partial charge in [0.2, 0.25) is 5.91 Å². The van der Waals surface area contributed by atoms with Crippen molar-refractivity contribution in [2.24, 2.45) is 5.73 Å². The molecule has 2 aliphatic rings. The molecule has 38 heavy (non-hydrogen) atoms. The van der Waals surface area contributed by atoms with E-state index >= 15 is 0 Å². The summed E-state index contributed by atoms with van der Waals surface area (Å²) in [7, 11) is 0. The van der Waals surface area contributed by atoms with E-state index in [9.17, 15) is 14.1 Å². The summed E-state index contributed by atoms with van der Waals surface area (Å²) >= 11 is -1.00. The summed E-state index contributed by atoms with van der Waals surface area (Å²) in [5, 5.41) is 4.01. The molecule has 1 aromatic heterocycles. The molecule has 9 heteroatoms. The van der Waals surface area contributed by atoms with Gasteiger partial charge in [-0.05, 0) is 79.7 Å². The topological polar surface area (TPSA) is 118 Å². The van der Waals surface area contributed by atoms with Crippen LogP contribution in [0.2, 0.25) is 0 Å². The van der Waals surface area contributed by atoms with Crippen molar-refractivity contribution in [1.82, 2.24) is 14.2 Å². The third-order valence-corrected chi connectivity index (χ3v) is 8.75. The van der Waals surface area contributed by atoms with Gasteiger partial charge in [0.15, 0.2) is 0 Å². The van der Waals surface area contributed by atoms with Crippen LogP contribution in [0.15, 0.2) is 42.5 Å². The molecule has 8 nitrogen and oxygen atoms in total. The number of nitrogens with one attached hydrogen (secondary N) is 2. The predicted molar refractivity (Wildman–Crippen MR) is 154 cm³/mol. The van der Waals surface area contributed by atoms with Crippen molar-refractivity contribution in [3.8, 4) is 11.1 Å². The van der Waals surface area contributed by atoms with Crippen molar-refractivity contribution >= 4 is 45.3 Å². The second-order valence-corrected chi connectivity index (χ2v) is 11.5. The first-order valence-corrected chi connectivity index (χ1v) is 14.7. The Bertz CT molecular complexity index is 1390. The number of carbonyl (C=O) groups is 2. The van der Waals surface area contributed by atoms with Crippen LogP contribution in [0.3, 0.4) is 0 Å². The number of H-pyrrole nitrogens is 1. The van der Waals surface area contributed by atoms with Gasteiger partial charge in [-0.15, -0.1) is 4.31 Å². The zero-order valence-corrected chi connectivity index (χ0v) is 22.8. The average molecular weight is 534 g/mol. The van der Waals surface area contributed by atoms with Gasteiger partial charge in [-0.25, -0.2) is 0 Å². The molecule has 1 saturated heterocycles. The second-order valence-electron chi connectivity index (χ2n) is 10.1. The number of nitrogens with zero attached hydrogens (tertiary/aromatic N) is 2. The number of primary amides is 1. The van der Waals surface area contributed by atoms with Crippen LogP contribution in [0.1, 0.15) is 47.3 Å². The molecule has 1 atom stereocenters. The van der Waals surface area contributed by atoms with Crippen molar-refractivity contribution in [3.05, 3.63) is 59.3 Å². The highest BCUT2D eigenvalue weighted by Gasteiger charge is 2.22. The van der Waals surface area contributed by atoms with Crippen LogP contribution in [0.25, 0.3) is 27.6 Å². The van der Waals surface area contributed by atoms with Gasteiger partial charge in [-0.2, -0.15) is 0 Å². The molecule has 2 aromatic carbocycles. The smallest absolute Gasteiger partial charge is 0.250 e. The molecule has 0 spiro atoms. The first kappa shape index (κ1) is 26.5. The number of aromatic nitrogens is 1. The molecule has 1 fully saturated rings. The minimum Gasteiger partial charge on any atom is -0.598 e. The highest BCUT2D eigenvalue weighted by Crippen LogP contribution is 2.37. The number of rotatable bonds is 8.